The summed E-state index contributed by atoms with van der Waals surface area (Å²) < 4.78 is 38.0. The van der Waals surface area contributed by atoms with Gasteiger partial charge in [-0.15, -0.1) is 0 Å². The van der Waals surface area contributed by atoms with Crippen molar-refractivity contribution in [3.63, 3.8) is 0 Å². The summed E-state index contributed by atoms with van der Waals surface area (Å²) in [6, 6.07) is 1.84. The first-order valence-corrected chi connectivity index (χ1v) is 3.89. The van der Waals surface area contributed by atoms with Crippen LogP contribution in [0.25, 0.3) is 0 Å². The van der Waals surface area contributed by atoms with Gasteiger partial charge in [-0.2, -0.15) is 0 Å². The van der Waals surface area contributed by atoms with E-state index in [1.54, 1.807) is 6.92 Å². The maximum Gasteiger partial charge on any atom is 0.194 e. The lowest BCUT2D eigenvalue weighted by Gasteiger charge is -2.09. The van der Waals surface area contributed by atoms with E-state index in [0.717, 1.165) is 12.1 Å². The Morgan fingerprint density at radius 1 is 1.23 bits per heavy atom. The standard InChI is InChI=1S/C9H9F3O/c1-2-7(13)5-3-4-6(10)9(12)8(5)11/h3-4,7,13H,2H2,1H3. The average Bonchev–Trinajstić information content (AvgIpc) is 2.13. The maximum absolute atomic E-state index is 12.9. The van der Waals surface area contributed by atoms with Gasteiger partial charge >= 0.3 is 0 Å². The quantitative estimate of drug-likeness (QED) is 0.710. The lowest BCUT2D eigenvalue weighted by Crippen LogP contribution is -2.02. The maximum atomic E-state index is 12.9. The summed E-state index contributed by atoms with van der Waals surface area (Å²) in [7, 11) is 0. The molecule has 0 amide bonds. The van der Waals surface area contributed by atoms with Crippen molar-refractivity contribution in [3.05, 3.63) is 35.1 Å². The van der Waals surface area contributed by atoms with Gasteiger partial charge in [0.05, 0.1) is 6.10 Å². The summed E-state index contributed by atoms with van der Waals surface area (Å²) >= 11 is 0. The highest BCUT2D eigenvalue weighted by molar-refractivity contribution is 5.22. The minimum atomic E-state index is -1.54. The van der Waals surface area contributed by atoms with E-state index in [1.165, 1.54) is 0 Å². The number of halogens is 3. The Morgan fingerprint density at radius 3 is 2.38 bits per heavy atom. The molecule has 0 bridgehead atoms. The Kier molecular flexibility index (Phi) is 2.93. The van der Waals surface area contributed by atoms with Crippen LogP contribution in [0.4, 0.5) is 13.2 Å². The van der Waals surface area contributed by atoms with Crippen LogP contribution >= 0.6 is 0 Å². The Balaban J connectivity index is 3.18. The summed E-state index contributed by atoms with van der Waals surface area (Å²) in [6.45, 7) is 1.62. The van der Waals surface area contributed by atoms with Crippen LogP contribution in [-0.2, 0) is 0 Å². The molecule has 1 atom stereocenters. The SMILES string of the molecule is CCC(O)c1ccc(F)c(F)c1F. The molecular formula is C9H9F3O. The van der Waals surface area contributed by atoms with Gasteiger partial charge in [0.25, 0.3) is 0 Å². The highest BCUT2D eigenvalue weighted by Gasteiger charge is 2.17. The number of benzene rings is 1. The first-order chi connectivity index (χ1) is 6.07. The highest BCUT2D eigenvalue weighted by atomic mass is 19.2. The molecule has 1 aromatic carbocycles. The van der Waals surface area contributed by atoms with Gasteiger partial charge < -0.3 is 5.11 Å². The van der Waals surface area contributed by atoms with Gasteiger partial charge in [-0.3, -0.25) is 0 Å². The van der Waals surface area contributed by atoms with Crippen molar-refractivity contribution in [2.45, 2.75) is 19.4 Å². The molecule has 0 aliphatic rings. The fourth-order valence-electron chi connectivity index (χ4n) is 1.02. The van der Waals surface area contributed by atoms with Crippen LogP contribution in [0.2, 0.25) is 0 Å². The summed E-state index contributed by atoms with van der Waals surface area (Å²) in [5.74, 6) is -4.09. The van der Waals surface area contributed by atoms with E-state index in [1.807, 2.05) is 0 Å². The first kappa shape index (κ1) is 10.1. The highest BCUT2D eigenvalue weighted by Crippen LogP contribution is 2.22. The molecule has 1 aromatic rings. The molecule has 1 unspecified atom stereocenters. The van der Waals surface area contributed by atoms with Crippen LogP contribution in [0.15, 0.2) is 12.1 Å². The molecular weight excluding hydrogens is 181 g/mol. The zero-order valence-corrected chi connectivity index (χ0v) is 7.02. The van der Waals surface area contributed by atoms with Crippen LogP contribution < -0.4 is 0 Å². The Labute approximate surface area is 73.8 Å². The van der Waals surface area contributed by atoms with Gasteiger partial charge in [-0.05, 0) is 12.5 Å². The van der Waals surface area contributed by atoms with Crippen LogP contribution in [0.3, 0.4) is 0 Å². The van der Waals surface area contributed by atoms with Gasteiger partial charge in [-0.25, -0.2) is 13.2 Å². The van der Waals surface area contributed by atoms with Crippen molar-refractivity contribution < 1.29 is 18.3 Å². The van der Waals surface area contributed by atoms with Crippen molar-refractivity contribution in [2.24, 2.45) is 0 Å². The molecule has 1 rings (SSSR count). The molecule has 0 aliphatic carbocycles. The minimum Gasteiger partial charge on any atom is -0.388 e. The molecule has 0 aliphatic heterocycles. The smallest absolute Gasteiger partial charge is 0.194 e. The molecule has 0 saturated carbocycles. The van der Waals surface area contributed by atoms with Crippen LogP contribution in [0, 0.1) is 17.5 Å². The van der Waals surface area contributed by atoms with Crippen molar-refractivity contribution in [2.75, 3.05) is 0 Å². The average molecular weight is 190 g/mol. The minimum absolute atomic E-state index is 0.207. The largest absolute Gasteiger partial charge is 0.388 e. The molecule has 4 heteroatoms. The van der Waals surface area contributed by atoms with Crippen molar-refractivity contribution in [1.82, 2.24) is 0 Å². The molecule has 0 spiro atoms. The molecule has 1 nitrogen and oxygen atoms in total. The predicted molar refractivity (Wildman–Crippen MR) is 41.6 cm³/mol. The van der Waals surface area contributed by atoms with Crippen molar-refractivity contribution in [3.8, 4) is 0 Å². The topological polar surface area (TPSA) is 20.2 Å². The van der Waals surface area contributed by atoms with Gasteiger partial charge in [0, 0.05) is 5.56 Å². The third-order valence-corrected chi connectivity index (χ3v) is 1.81. The van der Waals surface area contributed by atoms with E-state index in [-0.39, 0.29) is 12.0 Å². The predicted octanol–water partition coefficient (Wildman–Crippen LogP) is 2.55. The Bertz CT molecular complexity index is 312. The van der Waals surface area contributed by atoms with Crippen LogP contribution in [0.5, 0.6) is 0 Å². The number of hydrogen-bond acceptors (Lipinski definition) is 1. The first-order valence-electron chi connectivity index (χ1n) is 3.89. The van der Waals surface area contributed by atoms with E-state index in [2.05, 4.69) is 0 Å². The number of aliphatic hydroxyl groups is 1. The van der Waals surface area contributed by atoms with Crippen LogP contribution in [0.1, 0.15) is 25.0 Å². The van der Waals surface area contributed by atoms with E-state index in [0.29, 0.717) is 0 Å². The van der Waals surface area contributed by atoms with Gasteiger partial charge in [0.1, 0.15) is 0 Å². The van der Waals surface area contributed by atoms with Crippen molar-refractivity contribution >= 4 is 0 Å². The van der Waals surface area contributed by atoms with Gasteiger partial charge in [0.15, 0.2) is 17.5 Å². The van der Waals surface area contributed by atoms with E-state index >= 15 is 0 Å². The third kappa shape index (κ3) is 1.83. The molecule has 72 valence electrons. The molecule has 0 heterocycles. The zero-order chi connectivity index (χ0) is 10.0. The molecule has 0 aromatic heterocycles. The van der Waals surface area contributed by atoms with Gasteiger partial charge in [0.2, 0.25) is 0 Å². The molecule has 0 saturated heterocycles. The fourth-order valence-corrected chi connectivity index (χ4v) is 1.02. The number of aliphatic hydroxyl groups excluding tert-OH is 1. The number of hydrogen-bond donors (Lipinski definition) is 1. The molecule has 13 heavy (non-hydrogen) atoms. The Hall–Kier alpha value is -1.03. The molecule has 0 radical (unpaired) electrons. The van der Waals surface area contributed by atoms with E-state index < -0.39 is 23.6 Å². The lowest BCUT2D eigenvalue weighted by molar-refractivity contribution is 0.167. The zero-order valence-electron chi connectivity index (χ0n) is 7.02. The summed E-state index contributed by atoms with van der Waals surface area (Å²) in [5, 5.41) is 9.20. The van der Waals surface area contributed by atoms with Crippen LogP contribution in [-0.4, -0.2) is 5.11 Å². The second-order valence-corrected chi connectivity index (χ2v) is 2.69. The summed E-state index contributed by atoms with van der Waals surface area (Å²) in [5.41, 5.74) is -0.207. The summed E-state index contributed by atoms with van der Waals surface area (Å²) in [6.07, 6.45) is -0.836. The van der Waals surface area contributed by atoms with Gasteiger partial charge in [-0.1, -0.05) is 13.0 Å². The lowest BCUT2D eigenvalue weighted by atomic mass is 10.1. The molecule has 0 fully saturated rings. The van der Waals surface area contributed by atoms with E-state index in [9.17, 15) is 18.3 Å². The fraction of sp³-hybridized carbons (Fsp3) is 0.333. The van der Waals surface area contributed by atoms with E-state index in [4.69, 9.17) is 0 Å². The number of rotatable bonds is 2. The Morgan fingerprint density at radius 2 is 1.85 bits per heavy atom. The summed E-state index contributed by atoms with van der Waals surface area (Å²) in [4.78, 5) is 0. The molecule has 1 N–H and O–H groups in total. The second-order valence-electron chi connectivity index (χ2n) is 2.69. The monoisotopic (exact) mass is 190 g/mol. The van der Waals surface area contributed by atoms with Crippen molar-refractivity contribution in [1.29, 1.82) is 0 Å². The third-order valence-electron chi connectivity index (χ3n) is 1.81. The second kappa shape index (κ2) is 3.79. The normalized spacial score (nSPS) is 13.0.